The van der Waals surface area contributed by atoms with Crippen molar-refractivity contribution in [2.24, 2.45) is 12.0 Å². The second kappa shape index (κ2) is 6.65. The summed E-state index contributed by atoms with van der Waals surface area (Å²) in [7, 11) is 2.10. The van der Waals surface area contributed by atoms with Gasteiger partial charge in [0.1, 0.15) is 11.6 Å². The van der Waals surface area contributed by atoms with Crippen molar-refractivity contribution in [3.63, 3.8) is 0 Å². The number of amidine groups is 1. The van der Waals surface area contributed by atoms with Crippen LogP contribution in [0, 0.1) is 17.9 Å². The van der Waals surface area contributed by atoms with E-state index in [2.05, 4.69) is 65.5 Å². The zero-order valence-electron chi connectivity index (χ0n) is 15.8. The van der Waals surface area contributed by atoms with E-state index < -0.39 is 0 Å². The maximum absolute atomic E-state index is 9.01. The van der Waals surface area contributed by atoms with Gasteiger partial charge in [0.15, 0.2) is 5.52 Å². The highest BCUT2D eigenvalue weighted by Crippen LogP contribution is 2.46. The second-order valence-corrected chi connectivity index (χ2v) is 9.41. The molecule has 0 saturated heterocycles. The summed E-state index contributed by atoms with van der Waals surface area (Å²) in [5, 5.41) is 10.3. The lowest BCUT2D eigenvalue weighted by Crippen LogP contribution is -1.88. The van der Waals surface area contributed by atoms with Crippen LogP contribution in [0.3, 0.4) is 0 Å². The molecule has 0 bridgehead atoms. The fraction of sp³-hybridized carbons (Fsp3) is 0.0476. The van der Waals surface area contributed by atoms with Crippen molar-refractivity contribution in [1.29, 1.82) is 5.26 Å². The summed E-state index contributed by atoms with van der Waals surface area (Å²) < 4.78 is 14.8. The molecule has 10 heteroatoms. The lowest BCUT2D eigenvalue weighted by atomic mass is 10.2. The second-order valence-electron chi connectivity index (χ2n) is 6.78. The van der Waals surface area contributed by atoms with Gasteiger partial charge in [0, 0.05) is 33.8 Å². The minimum atomic E-state index is -0.274. The number of fused-ring (bicyclic) bond motifs is 6. The third-order valence-corrected chi connectivity index (χ3v) is 8.15. The Morgan fingerprint density at radius 2 is 2.03 bits per heavy atom. The largest absolute Gasteiger partial charge is 0.351 e. The third kappa shape index (κ3) is 2.53. The van der Waals surface area contributed by atoms with Crippen molar-refractivity contribution in [2.75, 3.05) is 0 Å². The van der Waals surface area contributed by atoms with Crippen LogP contribution in [0.25, 0.3) is 56.8 Å². The molecule has 6 rings (SSSR count). The number of nitriles is 1. The van der Waals surface area contributed by atoms with E-state index in [0.29, 0.717) is 11.0 Å². The molecule has 6 aromatic rings. The molecule has 0 fully saturated rings. The van der Waals surface area contributed by atoms with Gasteiger partial charge in [0.25, 0.3) is 5.82 Å². The van der Waals surface area contributed by atoms with Crippen LogP contribution >= 0.6 is 34.4 Å². The monoisotopic (exact) mass is 455 g/mol. The fourth-order valence-corrected chi connectivity index (χ4v) is 6.89. The number of pyridine rings is 1. The first-order valence-electron chi connectivity index (χ1n) is 9.07. The summed E-state index contributed by atoms with van der Waals surface area (Å²) in [6, 6.07) is 12.4. The van der Waals surface area contributed by atoms with E-state index >= 15 is 0 Å². The van der Waals surface area contributed by atoms with Crippen molar-refractivity contribution in [2.45, 2.75) is 0 Å². The molecule has 0 N–H and O–H groups in total. The molecular formula is C21H9N7S3. The Kier molecular flexibility index (Phi) is 3.88. The molecule has 0 radical (unpaired) electrons. The van der Waals surface area contributed by atoms with E-state index in [4.69, 9.17) is 11.8 Å². The summed E-state index contributed by atoms with van der Waals surface area (Å²) in [5.74, 6) is -0.0309. The zero-order valence-corrected chi connectivity index (χ0v) is 18.3. The third-order valence-electron chi connectivity index (χ3n) is 5.14. The fourth-order valence-electron chi connectivity index (χ4n) is 3.76. The molecule has 0 aliphatic rings. The summed E-state index contributed by atoms with van der Waals surface area (Å²) in [6.45, 7) is 7.04. The lowest BCUT2D eigenvalue weighted by Gasteiger charge is -1.99. The van der Waals surface area contributed by atoms with E-state index in [1.165, 1.54) is 30.5 Å². The number of nitrogens with zero attached hydrogens (tertiary/aromatic N) is 7. The first-order valence-corrected chi connectivity index (χ1v) is 11.4. The van der Waals surface area contributed by atoms with Crippen LogP contribution in [-0.4, -0.2) is 24.1 Å². The maximum atomic E-state index is 9.01. The highest BCUT2D eigenvalue weighted by atomic mass is 32.1. The quantitative estimate of drug-likeness (QED) is 0.178. The normalized spacial score (nSPS) is 12.2. The van der Waals surface area contributed by atoms with E-state index in [0.717, 1.165) is 22.2 Å². The standard InChI is InChI=1S/C21H9N7S3/c1-23-15(8-22)25-21-17-16(26-31-27-17)11(9-24-21)14-7-12-19(30-14)20-18(28(12)2)10-5-3-4-6-13(10)29-20/h3-7,9H,2H3. The van der Waals surface area contributed by atoms with Gasteiger partial charge < -0.3 is 9.41 Å². The van der Waals surface area contributed by atoms with Gasteiger partial charge in [-0.2, -0.15) is 8.75 Å². The number of rotatable bonds is 2. The molecule has 0 aliphatic carbocycles. The van der Waals surface area contributed by atoms with Gasteiger partial charge in [0.05, 0.1) is 32.2 Å². The number of aliphatic imine (C=N–C) groups is 1. The number of thiophene rings is 2. The van der Waals surface area contributed by atoms with Gasteiger partial charge in [-0.15, -0.1) is 22.7 Å². The van der Waals surface area contributed by atoms with Crippen LogP contribution < -0.4 is 0 Å². The van der Waals surface area contributed by atoms with Crippen LogP contribution in [0.1, 0.15) is 0 Å². The average molecular weight is 456 g/mol. The Bertz CT molecular complexity index is 1770. The van der Waals surface area contributed by atoms with E-state index in [9.17, 15) is 0 Å². The van der Waals surface area contributed by atoms with E-state index in [1.54, 1.807) is 23.6 Å². The summed E-state index contributed by atoms with van der Waals surface area (Å²) in [5.41, 5.74) is 4.49. The molecule has 1 aromatic carbocycles. The molecule has 146 valence electrons. The Balaban J connectivity index is 1.58. The minimum Gasteiger partial charge on any atom is -0.351 e. The SMILES string of the molecule is [C-]#[N+]C(C#N)=Nc1ncc(-c2cc3c(s2)c2sc4ccccc4c2n3C)c2nsnc12. The molecular weight excluding hydrogens is 446 g/mol. The Morgan fingerprint density at radius 3 is 2.87 bits per heavy atom. The molecule has 0 saturated carbocycles. The van der Waals surface area contributed by atoms with Gasteiger partial charge >= 0.3 is 5.84 Å². The van der Waals surface area contributed by atoms with Gasteiger partial charge in [-0.1, -0.05) is 29.8 Å². The van der Waals surface area contributed by atoms with E-state index in [-0.39, 0.29) is 11.7 Å². The molecule has 5 aromatic heterocycles. The zero-order chi connectivity index (χ0) is 21.1. The molecule has 0 aliphatic heterocycles. The highest BCUT2D eigenvalue weighted by Gasteiger charge is 2.21. The van der Waals surface area contributed by atoms with Crippen LogP contribution in [0.15, 0.2) is 41.5 Å². The van der Waals surface area contributed by atoms with Gasteiger partial charge in [-0.3, -0.25) is 0 Å². The Hall–Kier alpha value is -3.70. The predicted octanol–water partition coefficient (Wildman–Crippen LogP) is 6.15. The van der Waals surface area contributed by atoms with E-state index in [1.807, 2.05) is 11.3 Å². The van der Waals surface area contributed by atoms with Crippen molar-refractivity contribution >= 4 is 87.6 Å². The van der Waals surface area contributed by atoms with Crippen LogP contribution in [0.5, 0.6) is 0 Å². The summed E-state index contributed by atoms with van der Waals surface area (Å²) in [4.78, 5) is 12.6. The van der Waals surface area contributed by atoms with Crippen molar-refractivity contribution in [3.8, 4) is 16.5 Å². The van der Waals surface area contributed by atoms with Crippen molar-refractivity contribution < 1.29 is 0 Å². The van der Waals surface area contributed by atoms with Crippen molar-refractivity contribution in [1.82, 2.24) is 18.3 Å². The predicted molar refractivity (Wildman–Crippen MR) is 127 cm³/mol. The molecule has 0 atom stereocenters. The highest BCUT2D eigenvalue weighted by molar-refractivity contribution is 7.32. The molecule has 7 nitrogen and oxygen atoms in total. The van der Waals surface area contributed by atoms with Gasteiger partial charge in [0.2, 0.25) is 0 Å². The Labute approximate surface area is 187 Å². The smallest absolute Gasteiger partial charge is 0.351 e. The van der Waals surface area contributed by atoms with Gasteiger partial charge in [-0.25, -0.2) is 10.2 Å². The number of benzene rings is 1. The molecule has 31 heavy (non-hydrogen) atoms. The number of hydrogen-bond acceptors (Lipinski definition) is 8. The molecule has 0 amide bonds. The molecule has 0 spiro atoms. The topological polar surface area (TPSA) is 84.1 Å². The first-order chi connectivity index (χ1) is 15.2. The number of aryl methyl sites for hydroxylation is 1. The molecule has 0 unspecified atom stereocenters. The molecule has 5 heterocycles. The van der Waals surface area contributed by atoms with Crippen LogP contribution in [0.4, 0.5) is 5.82 Å². The van der Waals surface area contributed by atoms with Crippen molar-refractivity contribution in [3.05, 3.63) is 47.9 Å². The van der Waals surface area contributed by atoms with Crippen LogP contribution in [-0.2, 0) is 7.05 Å². The van der Waals surface area contributed by atoms with Gasteiger partial charge in [-0.05, 0) is 12.1 Å². The number of aromatic nitrogens is 4. The minimum absolute atomic E-state index is 0.244. The summed E-state index contributed by atoms with van der Waals surface area (Å²) >= 11 is 4.59. The maximum Gasteiger partial charge on any atom is 0.351 e. The summed E-state index contributed by atoms with van der Waals surface area (Å²) in [6.07, 6.45) is 1.70. The number of hydrogen-bond donors (Lipinski definition) is 0. The Morgan fingerprint density at radius 1 is 1.19 bits per heavy atom. The first kappa shape index (κ1) is 18.1. The van der Waals surface area contributed by atoms with Crippen LogP contribution in [0.2, 0.25) is 0 Å². The average Bonchev–Trinajstić information content (AvgIpc) is 3.55. The lowest BCUT2D eigenvalue weighted by molar-refractivity contribution is 1.02.